The molecule has 0 aliphatic carbocycles. The minimum atomic E-state index is 0.388. The maximum absolute atomic E-state index is 5.52. The minimum absolute atomic E-state index is 0.388. The van der Waals surface area contributed by atoms with E-state index in [1.165, 1.54) is 0 Å². The molecule has 0 saturated heterocycles. The summed E-state index contributed by atoms with van der Waals surface area (Å²) in [6, 6.07) is 1.86. The fraction of sp³-hybridized carbons (Fsp3) is 0.455. The van der Waals surface area contributed by atoms with E-state index in [-0.39, 0.29) is 0 Å². The summed E-state index contributed by atoms with van der Waals surface area (Å²) < 4.78 is 12.4. The van der Waals surface area contributed by atoms with Crippen molar-refractivity contribution in [2.45, 2.75) is 33.4 Å². The lowest BCUT2D eigenvalue weighted by Gasteiger charge is -1.98. The second kappa shape index (κ2) is 4.83. The first-order valence-electron chi connectivity index (χ1n) is 5.35. The molecule has 2 aromatic heterocycles. The van der Waals surface area contributed by atoms with Gasteiger partial charge in [0, 0.05) is 12.6 Å². The highest BCUT2D eigenvalue weighted by Gasteiger charge is 2.03. The molecule has 0 aliphatic rings. The molecule has 5 nitrogen and oxygen atoms in total. The van der Waals surface area contributed by atoms with Crippen LogP contribution in [0.2, 0.25) is 0 Å². The van der Waals surface area contributed by atoms with Crippen LogP contribution in [0.4, 0.5) is 0 Å². The Morgan fingerprint density at radius 1 is 1.50 bits per heavy atom. The van der Waals surface area contributed by atoms with Gasteiger partial charge in [0.25, 0.3) is 0 Å². The summed E-state index contributed by atoms with van der Waals surface area (Å²) in [6.45, 7) is 5.29. The van der Waals surface area contributed by atoms with E-state index in [0.29, 0.717) is 6.61 Å². The van der Waals surface area contributed by atoms with Gasteiger partial charge in [-0.25, -0.2) is 0 Å². The summed E-state index contributed by atoms with van der Waals surface area (Å²) in [5.41, 5.74) is 0.861. The summed E-state index contributed by atoms with van der Waals surface area (Å²) in [4.78, 5) is 0. The second-order valence-electron chi connectivity index (χ2n) is 3.66. The van der Waals surface area contributed by atoms with Crippen LogP contribution in [0, 0.1) is 6.92 Å². The molecule has 0 unspecified atom stereocenters. The lowest BCUT2D eigenvalue weighted by molar-refractivity contribution is 0.248. The molecule has 2 heterocycles. The van der Waals surface area contributed by atoms with Gasteiger partial charge in [0.2, 0.25) is 0 Å². The zero-order chi connectivity index (χ0) is 11.4. The molecule has 0 amide bonds. The van der Waals surface area contributed by atoms with E-state index in [4.69, 9.17) is 9.26 Å². The molecule has 0 atom stereocenters. The molecule has 16 heavy (non-hydrogen) atoms. The van der Waals surface area contributed by atoms with Crippen LogP contribution in [0.3, 0.4) is 0 Å². The van der Waals surface area contributed by atoms with Crippen molar-refractivity contribution in [2.24, 2.45) is 0 Å². The minimum Gasteiger partial charge on any atom is -0.482 e. The second-order valence-corrected chi connectivity index (χ2v) is 3.66. The molecule has 0 saturated carbocycles. The molecule has 86 valence electrons. The summed E-state index contributed by atoms with van der Waals surface area (Å²) in [7, 11) is 0. The van der Waals surface area contributed by atoms with Gasteiger partial charge < -0.3 is 9.26 Å². The average molecular weight is 221 g/mol. The lowest BCUT2D eigenvalue weighted by atomic mass is 10.4. The van der Waals surface area contributed by atoms with Crippen molar-refractivity contribution in [2.75, 3.05) is 0 Å². The van der Waals surface area contributed by atoms with E-state index >= 15 is 0 Å². The number of aryl methyl sites for hydroxylation is 2. The van der Waals surface area contributed by atoms with Crippen molar-refractivity contribution in [3.8, 4) is 5.75 Å². The Hall–Kier alpha value is -1.78. The first-order valence-corrected chi connectivity index (χ1v) is 5.35. The summed E-state index contributed by atoms with van der Waals surface area (Å²) in [5, 5.41) is 7.96. The fourth-order valence-corrected chi connectivity index (χ4v) is 1.41. The smallest absolute Gasteiger partial charge is 0.174 e. The lowest BCUT2D eigenvalue weighted by Crippen LogP contribution is -1.96. The quantitative estimate of drug-likeness (QED) is 0.776. The van der Waals surface area contributed by atoms with Crippen LogP contribution in [-0.2, 0) is 13.2 Å². The molecule has 2 rings (SSSR count). The van der Waals surface area contributed by atoms with Gasteiger partial charge in [0.1, 0.15) is 6.61 Å². The third-order valence-electron chi connectivity index (χ3n) is 2.12. The van der Waals surface area contributed by atoms with Gasteiger partial charge in [-0.1, -0.05) is 12.1 Å². The van der Waals surface area contributed by atoms with Crippen molar-refractivity contribution in [3.05, 3.63) is 29.9 Å². The predicted octanol–water partition coefficient (Wildman–Crippen LogP) is 2.17. The van der Waals surface area contributed by atoms with Crippen LogP contribution in [0.1, 0.15) is 24.8 Å². The molecular formula is C11H15N3O2. The maximum Gasteiger partial charge on any atom is 0.174 e. The standard InChI is InChI=1S/C11H15N3O2/c1-3-4-14-7-11(6-12-14)15-8-10-5-9(2)13-16-10/h5-7H,3-4,8H2,1-2H3. The fourth-order valence-electron chi connectivity index (χ4n) is 1.41. The van der Waals surface area contributed by atoms with Crippen LogP contribution in [0.15, 0.2) is 23.0 Å². The number of aromatic nitrogens is 3. The number of ether oxygens (including phenoxy) is 1. The van der Waals surface area contributed by atoms with Crippen molar-refractivity contribution < 1.29 is 9.26 Å². The van der Waals surface area contributed by atoms with E-state index in [1.54, 1.807) is 6.20 Å². The number of nitrogens with zero attached hydrogens (tertiary/aromatic N) is 3. The summed E-state index contributed by atoms with van der Waals surface area (Å²) in [5.74, 6) is 1.48. The number of hydrogen-bond acceptors (Lipinski definition) is 4. The van der Waals surface area contributed by atoms with Crippen molar-refractivity contribution in [1.29, 1.82) is 0 Å². The molecule has 0 spiro atoms. The molecule has 5 heteroatoms. The third kappa shape index (κ3) is 2.62. The number of rotatable bonds is 5. The highest BCUT2D eigenvalue weighted by Crippen LogP contribution is 2.12. The van der Waals surface area contributed by atoms with Crippen LogP contribution in [-0.4, -0.2) is 14.9 Å². The molecule has 0 aromatic carbocycles. The van der Waals surface area contributed by atoms with E-state index < -0.39 is 0 Å². The van der Waals surface area contributed by atoms with Crippen LogP contribution < -0.4 is 4.74 Å². The topological polar surface area (TPSA) is 53.1 Å². The first-order chi connectivity index (χ1) is 7.78. The van der Waals surface area contributed by atoms with Crippen LogP contribution >= 0.6 is 0 Å². The summed E-state index contributed by atoms with van der Waals surface area (Å²) in [6.07, 6.45) is 4.65. The van der Waals surface area contributed by atoms with Crippen molar-refractivity contribution in [1.82, 2.24) is 14.9 Å². The highest BCUT2D eigenvalue weighted by atomic mass is 16.5. The molecule has 0 aliphatic heterocycles. The largest absolute Gasteiger partial charge is 0.482 e. The Bertz CT molecular complexity index is 448. The summed E-state index contributed by atoms with van der Waals surface area (Å²) >= 11 is 0. The Labute approximate surface area is 94.0 Å². The SMILES string of the molecule is CCCn1cc(OCc2cc(C)no2)cn1. The number of hydrogen-bond donors (Lipinski definition) is 0. The molecule has 2 aromatic rings. The highest BCUT2D eigenvalue weighted by molar-refractivity contribution is 5.12. The van der Waals surface area contributed by atoms with E-state index in [2.05, 4.69) is 17.2 Å². The molecule has 0 bridgehead atoms. The van der Waals surface area contributed by atoms with Crippen molar-refractivity contribution >= 4 is 0 Å². The van der Waals surface area contributed by atoms with Gasteiger partial charge in [0.15, 0.2) is 11.5 Å². The zero-order valence-electron chi connectivity index (χ0n) is 9.51. The molecule has 0 N–H and O–H groups in total. The Kier molecular flexibility index (Phi) is 3.24. The van der Waals surface area contributed by atoms with Gasteiger partial charge in [-0.15, -0.1) is 0 Å². The Morgan fingerprint density at radius 3 is 3.06 bits per heavy atom. The van der Waals surface area contributed by atoms with Gasteiger partial charge >= 0.3 is 0 Å². The van der Waals surface area contributed by atoms with Gasteiger partial charge in [0.05, 0.1) is 18.1 Å². The molecular weight excluding hydrogens is 206 g/mol. The Balaban J connectivity index is 1.89. The van der Waals surface area contributed by atoms with E-state index in [0.717, 1.165) is 30.2 Å². The monoisotopic (exact) mass is 221 g/mol. The average Bonchev–Trinajstić information content (AvgIpc) is 2.85. The Morgan fingerprint density at radius 2 is 2.38 bits per heavy atom. The predicted molar refractivity (Wildman–Crippen MR) is 58.1 cm³/mol. The van der Waals surface area contributed by atoms with E-state index in [9.17, 15) is 0 Å². The molecule has 0 radical (unpaired) electrons. The van der Waals surface area contributed by atoms with Gasteiger partial charge in [-0.05, 0) is 13.3 Å². The first kappa shape index (κ1) is 10.7. The third-order valence-corrected chi connectivity index (χ3v) is 2.12. The zero-order valence-corrected chi connectivity index (χ0v) is 9.51. The van der Waals surface area contributed by atoms with E-state index in [1.807, 2.05) is 23.9 Å². The van der Waals surface area contributed by atoms with Gasteiger partial charge in [-0.3, -0.25) is 4.68 Å². The molecule has 0 fully saturated rings. The maximum atomic E-state index is 5.52. The van der Waals surface area contributed by atoms with Crippen LogP contribution in [0.25, 0.3) is 0 Å². The van der Waals surface area contributed by atoms with Crippen molar-refractivity contribution in [3.63, 3.8) is 0 Å². The van der Waals surface area contributed by atoms with Crippen LogP contribution in [0.5, 0.6) is 5.75 Å². The normalized spacial score (nSPS) is 10.6. The van der Waals surface area contributed by atoms with Gasteiger partial charge in [-0.2, -0.15) is 5.10 Å².